The monoisotopic (exact) mass is 843 g/mol. The van der Waals surface area contributed by atoms with Crippen molar-refractivity contribution in [2.24, 2.45) is 0 Å². The molecule has 8 rings (SSSR count). The average Bonchev–Trinajstić information content (AvgIpc) is 3.18. The number of amides is 4. The second kappa shape index (κ2) is 14.9. The molecular weight excluding hydrogens is 818 g/mol. The molecule has 0 radical (unpaired) electrons. The van der Waals surface area contributed by atoms with Crippen LogP contribution in [0.4, 0.5) is 4.79 Å². The van der Waals surface area contributed by atoms with Crippen molar-refractivity contribution >= 4 is 88.0 Å². The van der Waals surface area contributed by atoms with E-state index in [1.165, 1.54) is 54.6 Å². The number of alkyl halides is 1. The standard InChI is InChI=1S/C39H26ClN3O13S2/c40-26-8-16-7-25(37(53)56-28(16)12-27(26)46)34(48)41-13-31(47)42-38(54)43-33(36(51)52)17(15-58-39(42)43)14-57-20-3-6-21(24(11-20)35(49)50)32-22-4-1-18(44)9-29(22)55-30-10-19(45)2-5-23(30)32/h1-12,26-27,39,44,46H,13-15H2,(H,41,48)(H,49,50)(H,51,52). The molecule has 0 saturated carbocycles. The van der Waals surface area contributed by atoms with E-state index in [0.717, 1.165) is 33.3 Å². The number of carboxylic acids is 2. The zero-order valence-corrected chi connectivity index (χ0v) is 31.7. The summed E-state index contributed by atoms with van der Waals surface area (Å²) in [6.07, 6.45) is 1.52. The first kappa shape index (κ1) is 38.5. The number of carboxylic acid groups (broad SMARTS) is 2. The summed E-state index contributed by atoms with van der Waals surface area (Å²) >= 11 is 8.26. The van der Waals surface area contributed by atoms with E-state index < -0.39 is 64.5 Å². The Morgan fingerprint density at radius 2 is 1.69 bits per heavy atom. The minimum absolute atomic E-state index is 0.0257. The van der Waals surface area contributed by atoms with Crippen LogP contribution in [-0.2, 0) is 9.59 Å². The predicted octanol–water partition coefficient (Wildman–Crippen LogP) is 2.62. The van der Waals surface area contributed by atoms with Crippen molar-refractivity contribution in [1.29, 1.82) is 0 Å². The van der Waals surface area contributed by atoms with Crippen LogP contribution in [-0.4, -0.2) is 95.0 Å². The highest BCUT2D eigenvalue weighted by molar-refractivity contribution is 8.01. The number of phenols is 1. The second-order valence-electron chi connectivity index (χ2n) is 13.1. The Labute approximate surface area is 337 Å². The molecule has 4 amide bonds. The summed E-state index contributed by atoms with van der Waals surface area (Å²) in [5, 5.41) is 42.7. The maximum Gasteiger partial charge on any atom is 0.352 e. The van der Waals surface area contributed by atoms with Gasteiger partial charge in [-0.2, -0.15) is 0 Å². The van der Waals surface area contributed by atoms with Gasteiger partial charge in [-0.3, -0.25) is 19.3 Å². The van der Waals surface area contributed by atoms with E-state index in [1.54, 1.807) is 18.2 Å². The summed E-state index contributed by atoms with van der Waals surface area (Å²) < 4.78 is 11.0. The van der Waals surface area contributed by atoms with Crippen molar-refractivity contribution in [2.45, 2.75) is 21.9 Å². The normalized spacial score (nSPS) is 18.5. The smallest absolute Gasteiger partial charge is 0.352 e. The molecule has 1 fully saturated rings. The quantitative estimate of drug-likeness (QED) is 0.0814. The largest absolute Gasteiger partial charge is 0.508 e. The number of nitrogens with zero attached hydrogens (tertiary/aromatic N) is 2. The Balaban J connectivity index is 0.996. The van der Waals surface area contributed by atoms with Crippen LogP contribution < -0.4 is 27.0 Å². The van der Waals surface area contributed by atoms with Crippen molar-refractivity contribution < 1.29 is 53.2 Å². The minimum Gasteiger partial charge on any atom is -0.508 e. The van der Waals surface area contributed by atoms with Crippen LogP contribution in [0.5, 0.6) is 5.75 Å². The number of phenolic OH excluding ortho intramolecular Hbond substituents is 1. The Morgan fingerprint density at radius 3 is 2.45 bits per heavy atom. The lowest BCUT2D eigenvalue weighted by atomic mass is 9.91. The van der Waals surface area contributed by atoms with Gasteiger partial charge < -0.3 is 34.6 Å². The van der Waals surface area contributed by atoms with Gasteiger partial charge in [0.2, 0.25) is 0 Å². The van der Waals surface area contributed by atoms with E-state index in [2.05, 4.69) is 5.32 Å². The van der Waals surface area contributed by atoms with Crippen LogP contribution in [0.25, 0.3) is 45.6 Å². The highest BCUT2D eigenvalue weighted by Gasteiger charge is 2.54. The third kappa shape index (κ3) is 6.78. The van der Waals surface area contributed by atoms with Gasteiger partial charge in [0.25, 0.3) is 11.8 Å². The fourth-order valence-electron chi connectivity index (χ4n) is 6.83. The third-order valence-corrected chi connectivity index (χ3v) is 12.2. The lowest BCUT2D eigenvalue weighted by molar-refractivity contribution is -0.140. The number of rotatable bonds is 9. The topological polar surface area (TPSA) is 245 Å². The zero-order valence-electron chi connectivity index (χ0n) is 29.3. The first-order valence-electron chi connectivity index (χ1n) is 17.1. The summed E-state index contributed by atoms with van der Waals surface area (Å²) in [7, 11) is 0. The van der Waals surface area contributed by atoms with E-state index in [-0.39, 0.29) is 55.9 Å². The van der Waals surface area contributed by atoms with Crippen LogP contribution in [0, 0.1) is 0 Å². The summed E-state index contributed by atoms with van der Waals surface area (Å²) in [5.74, 6) is -4.30. The minimum atomic E-state index is -1.42. The number of benzene rings is 3. The molecular formula is C39H26ClN3O13S2. The number of aromatic hydroxyl groups is 1. The molecule has 2 aliphatic carbocycles. The molecule has 4 heterocycles. The molecule has 5 aliphatic rings. The highest BCUT2D eigenvalue weighted by Crippen LogP contribution is 2.44. The van der Waals surface area contributed by atoms with Crippen molar-refractivity contribution in [2.75, 3.05) is 18.1 Å². The van der Waals surface area contributed by atoms with Gasteiger partial charge in [-0.25, -0.2) is 24.1 Å². The van der Waals surface area contributed by atoms with Crippen LogP contribution in [0.1, 0.15) is 20.7 Å². The molecule has 2 aromatic carbocycles. The highest BCUT2D eigenvalue weighted by atomic mass is 35.5. The number of hydrogen-bond acceptors (Lipinski definition) is 13. The Bertz CT molecular complexity index is 2910. The fraction of sp³-hybridized carbons (Fsp3) is 0.154. The number of aromatic carboxylic acids is 1. The van der Waals surface area contributed by atoms with E-state index in [4.69, 9.17) is 20.4 Å². The summed E-state index contributed by atoms with van der Waals surface area (Å²) in [6.45, 7) is -0.707. The molecule has 0 spiro atoms. The lowest BCUT2D eigenvalue weighted by Gasteiger charge is -2.50. The third-order valence-electron chi connectivity index (χ3n) is 9.53. The van der Waals surface area contributed by atoms with Gasteiger partial charge in [-0.1, -0.05) is 12.1 Å². The molecule has 1 aromatic heterocycles. The van der Waals surface area contributed by atoms with Gasteiger partial charge in [0.05, 0.1) is 23.6 Å². The number of aliphatic carboxylic acids is 1. The van der Waals surface area contributed by atoms with Gasteiger partial charge in [0.1, 0.15) is 33.8 Å². The summed E-state index contributed by atoms with van der Waals surface area (Å²) in [5.41, 5.74) is -1.46. The molecule has 1 saturated heterocycles. The molecule has 16 nitrogen and oxygen atoms in total. The molecule has 58 heavy (non-hydrogen) atoms. The Morgan fingerprint density at radius 1 is 0.914 bits per heavy atom. The number of aliphatic hydroxyl groups is 1. The molecule has 3 aliphatic heterocycles. The number of thioether (sulfide) groups is 2. The first-order valence-corrected chi connectivity index (χ1v) is 19.6. The second-order valence-corrected chi connectivity index (χ2v) is 15.7. The number of fused-ring (bicyclic) bond motifs is 4. The number of aliphatic hydroxyl groups excluding tert-OH is 1. The van der Waals surface area contributed by atoms with Gasteiger partial charge in [0.15, 0.2) is 10.9 Å². The maximum absolute atomic E-state index is 13.3. The number of halogens is 1. The average molecular weight is 844 g/mol. The van der Waals surface area contributed by atoms with Crippen molar-refractivity contribution in [3.63, 3.8) is 0 Å². The van der Waals surface area contributed by atoms with Crippen LogP contribution in [0.3, 0.4) is 0 Å². The SMILES string of the molecule is O=C(O)C1=C(CSc2ccc(-c3c4ccc(=O)cc-4oc4cc(O)ccc34)c(C(=O)O)c2)CSC2N(C(=O)CNC(=O)c3cc4c(oc3=O)=CC(O)C(Cl)C=4)C(=O)N12. The molecule has 3 atom stereocenters. The molecule has 294 valence electrons. The molecule has 19 heteroatoms. The summed E-state index contributed by atoms with van der Waals surface area (Å²) in [4.78, 5) is 91.3. The van der Waals surface area contributed by atoms with Gasteiger partial charge in [-0.05, 0) is 59.7 Å². The van der Waals surface area contributed by atoms with E-state index >= 15 is 0 Å². The number of urea groups is 1. The zero-order chi connectivity index (χ0) is 41.2. The van der Waals surface area contributed by atoms with Gasteiger partial charge >= 0.3 is 23.6 Å². The number of carbonyl (C=O) groups excluding carboxylic acids is 3. The number of carbonyl (C=O) groups is 5. The van der Waals surface area contributed by atoms with E-state index in [0.29, 0.717) is 32.5 Å². The number of hydrogen-bond donors (Lipinski definition) is 5. The summed E-state index contributed by atoms with van der Waals surface area (Å²) in [6, 6.07) is 13.4. The first-order chi connectivity index (χ1) is 27.7. The number of imide groups is 1. The molecule has 0 bridgehead atoms. The van der Waals surface area contributed by atoms with E-state index in [1.807, 2.05) is 0 Å². The Kier molecular flexibility index (Phi) is 9.88. The van der Waals surface area contributed by atoms with Crippen molar-refractivity contribution in [3.8, 4) is 28.2 Å². The fourth-order valence-corrected chi connectivity index (χ4v) is 9.40. The lowest BCUT2D eigenvalue weighted by Crippen LogP contribution is -2.70. The van der Waals surface area contributed by atoms with Crippen LogP contribution in [0.15, 0.2) is 95.3 Å². The van der Waals surface area contributed by atoms with Gasteiger partial charge in [-0.15, -0.1) is 35.1 Å². The maximum atomic E-state index is 13.3. The van der Waals surface area contributed by atoms with Gasteiger partial charge in [0, 0.05) is 50.3 Å². The number of nitrogens with one attached hydrogen (secondary N) is 1. The van der Waals surface area contributed by atoms with Crippen LogP contribution in [0.2, 0.25) is 0 Å². The molecule has 3 aromatic rings. The van der Waals surface area contributed by atoms with Crippen LogP contribution >= 0.6 is 35.1 Å². The van der Waals surface area contributed by atoms with Crippen molar-refractivity contribution in [1.82, 2.24) is 15.1 Å². The predicted molar refractivity (Wildman–Crippen MR) is 210 cm³/mol. The Hall–Kier alpha value is -6.34. The molecule has 3 unspecified atom stereocenters. The van der Waals surface area contributed by atoms with Crippen molar-refractivity contribution in [3.05, 3.63) is 114 Å². The van der Waals surface area contributed by atoms with E-state index in [9.17, 15) is 54.0 Å². The molecule has 5 N–H and O–H groups in total.